The van der Waals surface area contributed by atoms with Crippen molar-refractivity contribution < 1.29 is 22.9 Å². The molecule has 24 heavy (non-hydrogen) atoms. The van der Waals surface area contributed by atoms with Gasteiger partial charge in [-0.2, -0.15) is 4.31 Å². The van der Waals surface area contributed by atoms with Gasteiger partial charge >= 0.3 is 5.97 Å². The van der Waals surface area contributed by atoms with E-state index in [0.29, 0.717) is 18.4 Å². The van der Waals surface area contributed by atoms with Crippen molar-refractivity contribution in [1.82, 2.24) is 4.31 Å². The highest BCUT2D eigenvalue weighted by Crippen LogP contribution is 2.28. The maximum atomic E-state index is 12.8. The molecule has 0 N–H and O–H groups in total. The molecule has 0 bridgehead atoms. The highest BCUT2D eigenvalue weighted by atomic mass is 32.2. The molecule has 1 aliphatic heterocycles. The second kappa shape index (κ2) is 7.27. The molecule has 1 aromatic rings. The Kier molecular flexibility index (Phi) is 5.55. The zero-order chi connectivity index (χ0) is 17.9. The van der Waals surface area contributed by atoms with Gasteiger partial charge in [0.25, 0.3) is 5.69 Å². The van der Waals surface area contributed by atoms with E-state index in [0.717, 1.165) is 6.07 Å². The number of hydrogen-bond acceptors (Lipinski definition) is 6. The third-order valence-corrected chi connectivity index (χ3v) is 5.88. The Bertz CT molecular complexity index is 746. The number of carbonyl (C=O) groups is 1. The molecule has 0 spiro atoms. The lowest BCUT2D eigenvalue weighted by atomic mass is 10.0. The average Bonchev–Trinajstić information content (AvgIpc) is 2.55. The van der Waals surface area contributed by atoms with Gasteiger partial charge in [0, 0.05) is 24.7 Å². The van der Waals surface area contributed by atoms with Gasteiger partial charge in [0.2, 0.25) is 10.0 Å². The molecule has 0 unspecified atom stereocenters. The van der Waals surface area contributed by atoms with Gasteiger partial charge in [-0.25, -0.2) is 8.42 Å². The van der Waals surface area contributed by atoms with Crippen molar-refractivity contribution in [2.75, 3.05) is 19.7 Å². The number of piperidine rings is 1. The van der Waals surface area contributed by atoms with Crippen LogP contribution in [0.4, 0.5) is 5.69 Å². The molecule has 2 rings (SSSR count). The largest absolute Gasteiger partial charge is 0.466 e. The summed E-state index contributed by atoms with van der Waals surface area (Å²) < 4.78 is 31.7. The van der Waals surface area contributed by atoms with Crippen molar-refractivity contribution >= 4 is 21.7 Å². The first-order valence-electron chi connectivity index (χ1n) is 7.69. The molecule has 0 amide bonds. The first-order chi connectivity index (χ1) is 11.3. The highest BCUT2D eigenvalue weighted by Gasteiger charge is 2.34. The fraction of sp³-hybridized carbons (Fsp3) is 0.533. The molecule has 0 aromatic heterocycles. The highest BCUT2D eigenvalue weighted by molar-refractivity contribution is 7.89. The molecule has 1 heterocycles. The number of aryl methyl sites for hydroxylation is 1. The molecule has 1 atom stereocenters. The zero-order valence-electron chi connectivity index (χ0n) is 13.6. The lowest BCUT2D eigenvalue weighted by molar-refractivity contribution is -0.385. The Labute approximate surface area is 140 Å². The number of hydrogen-bond donors (Lipinski definition) is 0. The van der Waals surface area contributed by atoms with Crippen molar-refractivity contribution in [2.45, 2.75) is 31.6 Å². The van der Waals surface area contributed by atoms with Crippen molar-refractivity contribution in [2.24, 2.45) is 5.92 Å². The fourth-order valence-corrected chi connectivity index (χ4v) is 4.25. The van der Waals surface area contributed by atoms with Crippen molar-refractivity contribution in [3.05, 3.63) is 33.9 Å². The molecule has 1 aliphatic rings. The number of nitro benzene ring substituents is 1. The number of nitro groups is 1. The van der Waals surface area contributed by atoms with Crippen LogP contribution in [0.15, 0.2) is 23.1 Å². The van der Waals surface area contributed by atoms with Crippen molar-refractivity contribution in [3.8, 4) is 0 Å². The normalized spacial score (nSPS) is 19.0. The lowest BCUT2D eigenvalue weighted by Gasteiger charge is -2.30. The third-order valence-electron chi connectivity index (χ3n) is 4.02. The van der Waals surface area contributed by atoms with Crippen LogP contribution in [-0.2, 0) is 19.6 Å². The molecular weight excluding hydrogens is 336 g/mol. The number of sulfonamides is 1. The number of carbonyl (C=O) groups excluding carboxylic acids is 1. The molecule has 8 nitrogen and oxygen atoms in total. The number of rotatable bonds is 5. The van der Waals surface area contributed by atoms with E-state index in [2.05, 4.69) is 0 Å². The lowest BCUT2D eigenvalue weighted by Crippen LogP contribution is -2.42. The summed E-state index contributed by atoms with van der Waals surface area (Å²) >= 11 is 0. The molecule has 1 fully saturated rings. The number of esters is 1. The van der Waals surface area contributed by atoms with E-state index in [-0.39, 0.29) is 30.3 Å². The van der Waals surface area contributed by atoms with Crippen LogP contribution in [0.5, 0.6) is 0 Å². The van der Waals surface area contributed by atoms with Crippen LogP contribution in [0.25, 0.3) is 0 Å². The summed E-state index contributed by atoms with van der Waals surface area (Å²) in [4.78, 5) is 22.1. The number of benzene rings is 1. The van der Waals surface area contributed by atoms with Gasteiger partial charge in [0.1, 0.15) is 0 Å². The van der Waals surface area contributed by atoms with E-state index in [1.54, 1.807) is 13.8 Å². The maximum Gasteiger partial charge on any atom is 0.310 e. The van der Waals surface area contributed by atoms with Crippen LogP contribution in [0.1, 0.15) is 25.3 Å². The molecule has 1 aromatic carbocycles. The summed E-state index contributed by atoms with van der Waals surface area (Å²) in [5.41, 5.74) is 0.150. The molecule has 9 heteroatoms. The number of nitrogens with zero attached hydrogens (tertiary/aromatic N) is 2. The third kappa shape index (κ3) is 3.73. The van der Waals surface area contributed by atoms with Gasteiger partial charge in [-0.15, -0.1) is 0 Å². The quantitative estimate of drug-likeness (QED) is 0.453. The van der Waals surface area contributed by atoms with E-state index in [9.17, 15) is 23.3 Å². The topological polar surface area (TPSA) is 107 Å². The fourth-order valence-electron chi connectivity index (χ4n) is 2.71. The Hall–Kier alpha value is -2.00. The van der Waals surface area contributed by atoms with E-state index >= 15 is 0 Å². The van der Waals surface area contributed by atoms with Crippen LogP contribution >= 0.6 is 0 Å². The van der Waals surface area contributed by atoms with Crippen LogP contribution in [0, 0.1) is 23.0 Å². The molecule has 0 aliphatic carbocycles. The second-order valence-electron chi connectivity index (χ2n) is 5.66. The minimum Gasteiger partial charge on any atom is -0.466 e. The predicted octanol–water partition coefficient (Wildman–Crippen LogP) is 1.87. The summed E-state index contributed by atoms with van der Waals surface area (Å²) in [6.45, 7) is 3.79. The van der Waals surface area contributed by atoms with Gasteiger partial charge in [0.15, 0.2) is 0 Å². The summed E-state index contributed by atoms with van der Waals surface area (Å²) in [6, 6.07) is 3.84. The minimum absolute atomic E-state index is 0.0306. The smallest absolute Gasteiger partial charge is 0.310 e. The molecular formula is C15H20N2O6S. The van der Waals surface area contributed by atoms with Crippen LogP contribution in [0.3, 0.4) is 0 Å². The van der Waals surface area contributed by atoms with E-state index < -0.39 is 26.8 Å². The monoisotopic (exact) mass is 356 g/mol. The van der Waals surface area contributed by atoms with E-state index in [1.807, 2.05) is 0 Å². The van der Waals surface area contributed by atoms with E-state index in [1.165, 1.54) is 16.4 Å². The predicted molar refractivity (Wildman–Crippen MR) is 85.9 cm³/mol. The Morgan fingerprint density at radius 3 is 2.79 bits per heavy atom. The maximum absolute atomic E-state index is 12.8. The Morgan fingerprint density at radius 1 is 1.46 bits per heavy atom. The van der Waals surface area contributed by atoms with Gasteiger partial charge in [-0.3, -0.25) is 14.9 Å². The first-order valence-corrected chi connectivity index (χ1v) is 9.13. The van der Waals surface area contributed by atoms with E-state index in [4.69, 9.17) is 4.74 Å². The summed E-state index contributed by atoms with van der Waals surface area (Å²) in [7, 11) is -3.90. The van der Waals surface area contributed by atoms with Crippen LogP contribution in [-0.4, -0.2) is 43.3 Å². The van der Waals surface area contributed by atoms with Gasteiger partial charge in [-0.05, 0) is 32.8 Å². The average molecular weight is 356 g/mol. The van der Waals surface area contributed by atoms with Gasteiger partial charge in [-0.1, -0.05) is 6.07 Å². The number of ether oxygens (including phenoxy) is 1. The Balaban J connectivity index is 2.28. The van der Waals surface area contributed by atoms with Crippen LogP contribution in [0.2, 0.25) is 0 Å². The Morgan fingerprint density at radius 2 is 2.17 bits per heavy atom. The summed E-state index contributed by atoms with van der Waals surface area (Å²) in [6.07, 6.45) is 1.11. The summed E-state index contributed by atoms with van der Waals surface area (Å²) in [5.74, 6) is -0.916. The van der Waals surface area contributed by atoms with Gasteiger partial charge in [0.05, 0.1) is 22.3 Å². The standard InChI is InChI=1S/C15H20N2O6S/c1-3-23-15(18)12-5-4-8-16(10-12)24(21,22)13-7-6-11(2)14(9-13)17(19)20/h6-7,9,12H,3-5,8,10H2,1-2H3/t12-/m0/s1. The summed E-state index contributed by atoms with van der Waals surface area (Å²) in [5, 5.41) is 11.0. The van der Waals surface area contributed by atoms with Crippen molar-refractivity contribution in [3.63, 3.8) is 0 Å². The first kappa shape index (κ1) is 18.3. The SMILES string of the molecule is CCOC(=O)[C@H]1CCCN(S(=O)(=O)c2ccc(C)c([N+](=O)[O-])c2)C1. The second-order valence-corrected chi connectivity index (χ2v) is 7.60. The van der Waals surface area contributed by atoms with Crippen LogP contribution < -0.4 is 0 Å². The van der Waals surface area contributed by atoms with Gasteiger partial charge < -0.3 is 4.74 Å². The molecule has 0 saturated carbocycles. The zero-order valence-corrected chi connectivity index (χ0v) is 14.4. The molecule has 1 saturated heterocycles. The minimum atomic E-state index is -3.90. The molecule has 132 valence electrons. The molecule has 0 radical (unpaired) electrons. The van der Waals surface area contributed by atoms with Crippen molar-refractivity contribution in [1.29, 1.82) is 0 Å².